The lowest BCUT2D eigenvalue weighted by Gasteiger charge is -2.23. The van der Waals surface area contributed by atoms with Crippen LogP contribution < -0.4 is 10.6 Å². The first-order valence-corrected chi connectivity index (χ1v) is 8.74. The number of nitriles is 1. The Morgan fingerprint density at radius 3 is 2.56 bits per heavy atom. The summed E-state index contributed by atoms with van der Waals surface area (Å²) in [4.78, 5) is 24.0. The van der Waals surface area contributed by atoms with E-state index in [-0.39, 0.29) is 17.8 Å². The van der Waals surface area contributed by atoms with E-state index in [1.165, 1.54) is 18.2 Å². The van der Waals surface area contributed by atoms with Gasteiger partial charge in [-0.2, -0.15) is 5.26 Å². The van der Waals surface area contributed by atoms with Crippen molar-refractivity contribution in [1.82, 2.24) is 5.32 Å². The van der Waals surface area contributed by atoms with E-state index in [9.17, 15) is 14.7 Å². The van der Waals surface area contributed by atoms with Gasteiger partial charge in [0.25, 0.3) is 0 Å². The van der Waals surface area contributed by atoms with Crippen LogP contribution in [0.1, 0.15) is 24.5 Å². The van der Waals surface area contributed by atoms with Crippen LogP contribution in [-0.2, 0) is 16.0 Å². The number of aryl methyl sites for hydroxylation is 1. The first-order valence-electron chi connectivity index (χ1n) is 8.36. The molecule has 140 valence electrons. The molecule has 0 aliphatic carbocycles. The lowest BCUT2D eigenvalue weighted by molar-refractivity contribution is -0.136. The van der Waals surface area contributed by atoms with Gasteiger partial charge in [0, 0.05) is 11.6 Å². The lowest BCUT2D eigenvalue weighted by atomic mass is 9.97. The molecule has 3 N–H and O–H groups in total. The number of carbonyl (C=O) groups excluding carboxylic acids is 2. The Morgan fingerprint density at radius 1 is 1.19 bits per heavy atom. The molecule has 1 atom stereocenters. The van der Waals surface area contributed by atoms with E-state index >= 15 is 0 Å². The number of aliphatic hydroxyl groups is 1. The second-order valence-electron chi connectivity index (χ2n) is 6.42. The molecule has 0 spiro atoms. The van der Waals surface area contributed by atoms with Gasteiger partial charge in [0.15, 0.2) is 0 Å². The summed E-state index contributed by atoms with van der Waals surface area (Å²) in [6.45, 7) is 1.52. The molecule has 0 aromatic heterocycles. The molecule has 2 aromatic carbocycles. The van der Waals surface area contributed by atoms with E-state index < -0.39 is 17.4 Å². The van der Waals surface area contributed by atoms with Crippen molar-refractivity contribution in [3.63, 3.8) is 0 Å². The highest BCUT2D eigenvalue weighted by molar-refractivity contribution is 6.40. The normalized spacial score (nSPS) is 12.5. The molecule has 7 heteroatoms. The van der Waals surface area contributed by atoms with Crippen molar-refractivity contribution in [1.29, 1.82) is 5.26 Å². The van der Waals surface area contributed by atoms with E-state index in [0.717, 1.165) is 5.56 Å². The zero-order valence-corrected chi connectivity index (χ0v) is 15.6. The number of hydrogen-bond acceptors (Lipinski definition) is 4. The summed E-state index contributed by atoms with van der Waals surface area (Å²) < 4.78 is 0. The molecule has 0 heterocycles. The minimum absolute atomic E-state index is 0.0766. The summed E-state index contributed by atoms with van der Waals surface area (Å²) in [5, 5.41) is 24.6. The van der Waals surface area contributed by atoms with Crippen molar-refractivity contribution >= 4 is 29.1 Å². The summed E-state index contributed by atoms with van der Waals surface area (Å²) in [6, 6.07) is 15.9. The number of rotatable bonds is 6. The Morgan fingerprint density at radius 2 is 1.89 bits per heavy atom. The van der Waals surface area contributed by atoms with Crippen LogP contribution in [0, 0.1) is 11.3 Å². The van der Waals surface area contributed by atoms with Crippen molar-refractivity contribution in [2.45, 2.75) is 25.4 Å². The standard InChI is InChI=1S/C20H20ClN3O3/c1-20(27,10-9-14-5-3-2-4-6-14)13-23-18(25)19(26)24-17-11-16(21)8-7-15(17)12-22/h2-8,11,27H,9-10,13H2,1H3,(H,23,25)(H,24,26). The SMILES string of the molecule is CC(O)(CCc1ccccc1)CNC(=O)C(=O)Nc1cc(Cl)ccc1C#N. The molecule has 2 aromatic rings. The van der Waals surface area contributed by atoms with E-state index in [4.69, 9.17) is 16.9 Å². The fourth-order valence-electron chi connectivity index (χ4n) is 2.39. The van der Waals surface area contributed by atoms with Gasteiger partial charge in [0.2, 0.25) is 0 Å². The van der Waals surface area contributed by atoms with E-state index in [2.05, 4.69) is 10.6 Å². The molecular weight excluding hydrogens is 366 g/mol. The van der Waals surface area contributed by atoms with Crippen molar-refractivity contribution in [2.24, 2.45) is 0 Å². The predicted molar refractivity (Wildman–Crippen MR) is 103 cm³/mol. The molecule has 0 radical (unpaired) electrons. The molecule has 1 unspecified atom stereocenters. The highest BCUT2D eigenvalue weighted by Crippen LogP contribution is 2.20. The van der Waals surface area contributed by atoms with Gasteiger partial charge < -0.3 is 15.7 Å². The van der Waals surface area contributed by atoms with E-state index in [1.54, 1.807) is 6.92 Å². The topological polar surface area (TPSA) is 102 Å². The van der Waals surface area contributed by atoms with Gasteiger partial charge in [0.05, 0.1) is 16.9 Å². The van der Waals surface area contributed by atoms with Gasteiger partial charge in [-0.15, -0.1) is 0 Å². The number of nitrogens with zero attached hydrogens (tertiary/aromatic N) is 1. The number of carbonyl (C=O) groups is 2. The van der Waals surface area contributed by atoms with Gasteiger partial charge in [-0.1, -0.05) is 41.9 Å². The molecule has 6 nitrogen and oxygen atoms in total. The molecule has 0 aliphatic rings. The fourth-order valence-corrected chi connectivity index (χ4v) is 2.57. The van der Waals surface area contributed by atoms with Crippen LogP contribution in [0.25, 0.3) is 0 Å². The molecule has 0 aliphatic heterocycles. The third-order valence-corrected chi connectivity index (χ3v) is 4.22. The third kappa shape index (κ3) is 6.41. The van der Waals surface area contributed by atoms with Crippen LogP contribution in [-0.4, -0.2) is 29.1 Å². The Bertz CT molecular complexity index is 861. The zero-order valence-electron chi connectivity index (χ0n) is 14.8. The van der Waals surface area contributed by atoms with Crippen LogP contribution in [0.3, 0.4) is 0 Å². The molecule has 0 bridgehead atoms. The Hall–Kier alpha value is -2.88. The molecule has 0 fully saturated rings. The zero-order chi connectivity index (χ0) is 19.9. The first kappa shape index (κ1) is 20.4. The molecular formula is C20H20ClN3O3. The summed E-state index contributed by atoms with van der Waals surface area (Å²) in [5.74, 6) is -1.84. The number of hydrogen-bond donors (Lipinski definition) is 3. The Balaban J connectivity index is 1.88. The first-order chi connectivity index (χ1) is 12.8. The average molecular weight is 386 g/mol. The summed E-state index contributed by atoms with van der Waals surface area (Å²) in [5.41, 5.74) is 0.253. The van der Waals surface area contributed by atoms with Crippen molar-refractivity contribution < 1.29 is 14.7 Å². The van der Waals surface area contributed by atoms with Crippen molar-refractivity contribution in [2.75, 3.05) is 11.9 Å². The molecule has 2 rings (SSSR count). The third-order valence-electron chi connectivity index (χ3n) is 3.98. The van der Waals surface area contributed by atoms with Crippen LogP contribution >= 0.6 is 11.6 Å². The van der Waals surface area contributed by atoms with Crippen molar-refractivity contribution in [3.05, 3.63) is 64.7 Å². The van der Waals surface area contributed by atoms with Crippen LogP contribution in [0.2, 0.25) is 5.02 Å². The molecule has 0 saturated heterocycles. The van der Waals surface area contributed by atoms with Gasteiger partial charge in [0.1, 0.15) is 6.07 Å². The Kier molecular flexibility index (Phi) is 6.94. The summed E-state index contributed by atoms with van der Waals surface area (Å²) in [7, 11) is 0. The number of amides is 2. The largest absolute Gasteiger partial charge is 0.388 e. The highest BCUT2D eigenvalue weighted by atomic mass is 35.5. The predicted octanol–water partition coefficient (Wildman–Crippen LogP) is 2.65. The van der Waals surface area contributed by atoms with Crippen LogP contribution in [0.4, 0.5) is 5.69 Å². The summed E-state index contributed by atoms with van der Waals surface area (Å²) >= 11 is 5.85. The number of benzene rings is 2. The number of halogens is 1. The average Bonchev–Trinajstić information content (AvgIpc) is 2.65. The maximum atomic E-state index is 12.0. The molecule has 27 heavy (non-hydrogen) atoms. The minimum Gasteiger partial charge on any atom is -0.388 e. The second kappa shape index (κ2) is 9.17. The number of anilines is 1. The van der Waals surface area contributed by atoms with Gasteiger partial charge in [-0.25, -0.2) is 0 Å². The minimum atomic E-state index is -1.17. The fraction of sp³-hybridized carbons (Fsp3) is 0.250. The van der Waals surface area contributed by atoms with Gasteiger partial charge in [-0.3, -0.25) is 9.59 Å². The smallest absolute Gasteiger partial charge is 0.313 e. The highest BCUT2D eigenvalue weighted by Gasteiger charge is 2.23. The maximum absolute atomic E-state index is 12.0. The van der Waals surface area contributed by atoms with Gasteiger partial charge >= 0.3 is 11.8 Å². The number of nitrogens with one attached hydrogen (secondary N) is 2. The van der Waals surface area contributed by atoms with E-state index in [1.807, 2.05) is 36.4 Å². The molecule has 2 amide bonds. The van der Waals surface area contributed by atoms with Crippen LogP contribution in [0.5, 0.6) is 0 Å². The molecule has 0 saturated carbocycles. The lowest BCUT2D eigenvalue weighted by Crippen LogP contribution is -2.44. The van der Waals surface area contributed by atoms with Crippen molar-refractivity contribution in [3.8, 4) is 6.07 Å². The van der Waals surface area contributed by atoms with Gasteiger partial charge in [-0.05, 0) is 43.5 Å². The monoisotopic (exact) mass is 385 g/mol. The quantitative estimate of drug-likeness (QED) is 0.665. The van der Waals surface area contributed by atoms with Crippen LogP contribution in [0.15, 0.2) is 48.5 Å². The maximum Gasteiger partial charge on any atom is 0.313 e. The van der Waals surface area contributed by atoms with E-state index in [0.29, 0.717) is 17.9 Å². The summed E-state index contributed by atoms with van der Waals surface area (Å²) in [6.07, 6.45) is 1.07. The second-order valence-corrected chi connectivity index (χ2v) is 6.86. The Labute approximate surface area is 162 Å².